The van der Waals surface area contributed by atoms with Crippen molar-refractivity contribution in [2.45, 2.75) is 12.0 Å². The van der Waals surface area contributed by atoms with Crippen molar-refractivity contribution in [2.24, 2.45) is 16.8 Å². The molecule has 0 bridgehead atoms. The van der Waals surface area contributed by atoms with Gasteiger partial charge in [-0.1, -0.05) is 78.9 Å². The number of carbonyl (C=O) groups excluding carboxylic acids is 3. The molecular formula is C27H22N2O4. The third kappa shape index (κ3) is 3.26. The van der Waals surface area contributed by atoms with Gasteiger partial charge in [-0.2, -0.15) is 0 Å². The van der Waals surface area contributed by atoms with Crippen LogP contribution in [-0.4, -0.2) is 36.1 Å². The maximum absolute atomic E-state index is 13.8. The van der Waals surface area contributed by atoms with Crippen molar-refractivity contribution in [1.29, 1.82) is 0 Å². The Balaban J connectivity index is 1.71. The first-order valence-electron chi connectivity index (χ1n) is 10.8. The number of anilines is 1. The Kier molecular flexibility index (Phi) is 5.13. The second-order valence-electron chi connectivity index (χ2n) is 8.24. The number of fused-ring (bicyclic) bond motifs is 1. The van der Waals surface area contributed by atoms with Gasteiger partial charge in [0.2, 0.25) is 11.8 Å². The molecule has 3 atom stereocenters. The minimum Gasteiger partial charge on any atom is -0.467 e. The second-order valence-corrected chi connectivity index (χ2v) is 8.24. The summed E-state index contributed by atoms with van der Waals surface area (Å²) >= 11 is 0. The van der Waals surface area contributed by atoms with Gasteiger partial charge in [0.25, 0.3) is 0 Å². The van der Waals surface area contributed by atoms with Crippen LogP contribution in [-0.2, 0) is 25.5 Å². The molecule has 0 aliphatic carbocycles. The number of esters is 1. The summed E-state index contributed by atoms with van der Waals surface area (Å²) in [6.07, 6.45) is 0.152. The molecule has 6 nitrogen and oxygen atoms in total. The number of ether oxygens (including phenoxy) is 1. The molecule has 0 unspecified atom stereocenters. The largest absolute Gasteiger partial charge is 0.467 e. The minimum atomic E-state index is -1.54. The average Bonchev–Trinajstić information content (AvgIpc) is 3.34. The van der Waals surface area contributed by atoms with Crippen LogP contribution < -0.4 is 4.90 Å². The highest BCUT2D eigenvalue weighted by Crippen LogP contribution is 2.48. The predicted octanol–water partition coefficient (Wildman–Crippen LogP) is 3.45. The van der Waals surface area contributed by atoms with Crippen molar-refractivity contribution in [2.75, 3.05) is 12.0 Å². The highest BCUT2D eigenvalue weighted by molar-refractivity contribution is 6.33. The molecule has 5 rings (SSSR count). The summed E-state index contributed by atoms with van der Waals surface area (Å²) in [6.45, 7) is 0. The van der Waals surface area contributed by atoms with E-state index in [2.05, 4.69) is 0 Å². The number of rotatable bonds is 5. The highest BCUT2D eigenvalue weighted by Gasteiger charge is 2.67. The molecule has 0 saturated carbocycles. The van der Waals surface area contributed by atoms with Crippen molar-refractivity contribution < 1.29 is 19.1 Å². The fourth-order valence-corrected chi connectivity index (χ4v) is 4.94. The van der Waals surface area contributed by atoms with Gasteiger partial charge < -0.3 is 4.74 Å². The second kappa shape index (κ2) is 8.13. The van der Waals surface area contributed by atoms with E-state index in [1.165, 1.54) is 12.0 Å². The molecule has 2 amide bonds. The zero-order valence-electron chi connectivity index (χ0n) is 18.0. The molecule has 3 aromatic carbocycles. The van der Waals surface area contributed by atoms with Gasteiger partial charge in [-0.3, -0.25) is 14.6 Å². The molecular weight excluding hydrogens is 416 g/mol. The highest BCUT2D eigenvalue weighted by atomic mass is 16.5. The molecule has 6 heteroatoms. The van der Waals surface area contributed by atoms with Crippen LogP contribution in [0.25, 0.3) is 0 Å². The lowest BCUT2D eigenvalue weighted by atomic mass is 9.75. The van der Waals surface area contributed by atoms with Crippen molar-refractivity contribution in [3.05, 3.63) is 102 Å². The van der Waals surface area contributed by atoms with E-state index in [9.17, 15) is 14.4 Å². The third-order valence-corrected chi connectivity index (χ3v) is 6.37. The van der Waals surface area contributed by atoms with Crippen LogP contribution in [0.4, 0.5) is 5.69 Å². The number of benzene rings is 3. The fraction of sp³-hybridized carbons (Fsp3) is 0.185. The van der Waals surface area contributed by atoms with Crippen molar-refractivity contribution >= 4 is 29.2 Å². The fourth-order valence-electron chi connectivity index (χ4n) is 4.94. The number of hydrogen-bond donors (Lipinski definition) is 0. The predicted molar refractivity (Wildman–Crippen MR) is 124 cm³/mol. The first kappa shape index (κ1) is 20.8. The summed E-state index contributed by atoms with van der Waals surface area (Å²) in [5, 5.41) is 0. The van der Waals surface area contributed by atoms with Crippen LogP contribution in [0.2, 0.25) is 0 Å². The zero-order valence-corrected chi connectivity index (χ0v) is 18.0. The molecule has 33 heavy (non-hydrogen) atoms. The summed E-state index contributed by atoms with van der Waals surface area (Å²) in [5.41, 5.74) is 0.925. The number of carbonyl (C=O) groups is 3. The monoisotopic (exact) mass is 438 g/mol. The molecule has 2 aliphatic rings. The Morgan fingerprint density at radius 1 is 0.879 bits per heavy atom. The maximum Gasteiger partial charge on any atom is 0.334 e. The van der Waals surface area contributed by atoms with Gasteiger partial charge in [0, 0.05) is 6.42 Å². The molecule has 1 saturated heterocycles. The number of hydrogen-bond acceptors (Lipinski definition) is 5. The number of para-hydroxylation sites is 1. The van der Waals surface area contributed by atoms with Crippen LogP contribution in [0.3, 0.4) is 0 Å². The van der Waals surface area contributed by atoms with E-state index in [0.717, 1.165) is 5.56 Å². The van der Waals surface area contributed by atoms with Crippen molar-refractivity contribution in [1.82, 2.24) is 0 Å². The van der Waals surface area contributed by atoms with Crippen LogP contribution in [0, 0.1) is 11.8 Å². The zero-order chi connectivity index (χ0) is 23.0. The van der Waals surface area contributed by atoms with Gasteiger partial charge in [0.1, 0.15) is 0 Å². The number of amides is 2. The van der Waals surface area contributed by atoms with E-state index in [-0.39, 0.29) is 12.3 Å². The summed E-state index contributed by atoms with van der Waals surface area (Å²) in [5.74, 6) is -3.30. The van der Waals surface area contributed by atoms with Gasteiger partial charge in [0.15, 0.2) is 5.54 Å². The van der Waals surface area contributed by atoms with Gasteiger partial charge in [-0.15, -0.1) is 0 Å². The van der Waals surface area contributed by atoms with Crippen molar-refractivity contribution in [3.8, 4) is 0 Å². The molecule has 0 radical (unpaired) electrons. The molecule has 0 aromatic heterocycles. The Morgan fingerprint density at radius 3 is 2.06 bits per heavy atom. The Bertz CT molecular complexity index is 1240. The van der Waals surface area contributed by atoms with E-state index in [1.54, 1.807) is 24.3 Å². The van der Waals surface area contributed by atoms with Gasteiger partial charge in [-0.05, 0) is 23.3 Å². The van der Waals surface area contributed by atoms with Crippen LogP contribution >= 0.6 is 0 Å². The minimum absolute atomic E-state index is 0.152. The number of nitrogens with zero attached hydrogens (tertiary/aromatic N) is 2. The van der Waals surface area contributed by atoms with Gasteiger partial charge in [-0.25, -0.2) is 9.69 Å². The van der Waals surface area contributed by atoms with E-state index in [4.69, 9.17) is 9.73 Å². The Labute approximate surface area is 191 Å². The van der Waals surface area contributed by atoms with Gasteiger partial charge >= 0.3 is 5.97 Å². The summed E-state index contributed by atoms with van der Waals surface area (Å²) < 4.78 is 5.20. The van der Waals surface area contributed by atoms with E-state index < -0.39 is 29.3 Å². The van der Waals surface area contributed by atoms with Gasteiger partial charge in [0.05, 0.1) is 30.3 Å². The third-order valence-electron chi connectivity index (χ3n) is 6.37. The molecule has 2 aliphatic heterocycles. The molecule has 0 N–H and O–H groups in total. The van der Waals surface area contributed by atoms with Crippen LogP contribution in [0.1, 0.15) is 11.1 Å². The lowest BCUT2D eigenvalue weighted by molar-refractivity contribution is -0.151. The van der Waals surface area contributed by atoms with E-state index in [0.29, 0.717) is 17.0 Å². The van der Waals surface area contributed by atoms with Crippen LogP contribution in [0.15, 0.2) is 96.0 Å². The summed E-state index contributed by atoms with van der Waals surface area (Å²) in [7, 11) is 1.29. The smallest absolute Gasteiger partial charge is 0.334 e. The average molecular weight is 438 g/mol. The van der Waals surface area contributed by atoms with E-state index in [1.807, 2.05) is 66.7 Å². The van der Waals surface area contributed by atoms with Crippen LogP contribution in [0.5, 0.6) is 0 Å². The standard InChI is InChI=1S/C27H22N2O4/c1-33-26(32)27(17-18-11-5-2-6-12-18)22-21(23(28-27)19-13-7-3-8-14-19)24(30)29(25(22)31)20-15-9-4-10-16-20/h2-16,21-22H,17H2,1H3/t21-,22-,27+/m1/s1. The SMILES string of the molecule is COC(=O)[C@@]1(Cc2ccccc2)N=C(c2ccccc2)[C@@H]2C(=O)N(c3ccccc3)C(=O)[C@@H]21. The Morgan fingerprint density at radius 2 is 1.45 bits per heavy atom. The number of methoxy groups -OCH3 is 1. The first-order chi connectivity index (χ1) is 16.1. The molecule has 1 fully saturated rings. The first-order valence-corrected chi connectivity index (χ1v) is 10.8. The summed E-state index contributed by atoms with van der Waals surface area (Å²) in [6, 6.07) is 27.4. The topological polar surface area (TPSA) is 76.0 Å². The lowest BCUT2D eigenvalue weighted by Gasteiger charge is -2.29. The molecule has 3 aromatic rings. The Hall–Kier alpha value is -4.06. The quantitative estimate of drug-likeness (QED) is 0.452. The molecule has 0 spiro atoms. The molecule has 2 heterocycles. The number of aliphatic imine (C=N–C) groups is 1. The molecule has 164 valence electrons. The van der Waals surface area contributed by atoms with E-state index >= 15 is 0 Å². The summed E-state index contributed by atoms with van der Waals surface area (Å²) in [4.78, 5) is 46.9. The normalized spacial score (nSPS) is 23.9. The lowest BCUT2D eigenvalue weighted by Crippen LogP contribution is -2.49. The maximum atomic E-state index is 13.8. The number of imide groups is 1. The van der Waals surface area contributed by atoms with Crippen molar-refractivity contribution in [3.63, 3.8) is 0 Å².